The highest BCUT2D eigenvalue weighted by molar-refractivity contribution is 6.07. The molecular weight excluding hydrogens is 695 g/mol. The summed E-state index contributed by atoms with van der Waals surface area (Å²) in [6.07, 6.45) is 0. The predicted octanol–water partition coefficient (Wildman–Crippen LogP) is 14.1. The Hall–Kier alpha value is -7.69. The lowest BCUT2D eigenvalue weighted by Gasteiger charge is -2.11. The van der Waals surface area contributed by atoms with Gasteiger partial charge in [-0.25, -0.2) is 15.0 Å². The van der Waals surface area contributed by atoms with E-state index in [0.29, 0.717) is 0 Å². The van der Waals surface area contributed by atoms with E-state index in [2.05, 4.69) is 15.0 Å². The lowest BCUT2D eigenvalue weighted by Crippen LogP contribution is -2.00. The molecule has 4 heteroatoms. The van der Waals surface area contributed by atoms with Crippen LogP contribution < -0.4 is 0 Å². The van der Waals surface area contributed by atoms with Crippen LogP contribution in [0.5, 0.6) is 0 Å². The van der Waals surface area contributed by atoms with Crippen molar-refractivity contribution in [2.45, 2.75) is 0 Å². The first-order valence-electron chi connectivity index (χ1n) is 33.0. The molecule has 2 aromatic heterocycles. The standard InChI is InChI=1S/C53H33N3O/c1-3-10-34(11-4-1)38-16-9-17-44(30-38)51-54-52(45-23-22-40-29-39(20-21-42(40)31-45)35-12-5-2-6-13-35)56-53(55-51)46-25-27-49-48(32-46)47-26-24-43(33-50(47)57-49)41-19-18-36-14-7-8-15-37(36)28-41/h1-33H/i1D,2D,3D,4D,5D,6D,7D,8D,9D,10D,11D,12D,13D,14D,15D,16D,17D,18D,19D,20D,21D,22D,23D,24D,25D,26D,27D,28D,29D,30D,31D,32D,33D. The van der Waals surface area contributed by atoms with Gasteiger partial charge in [0, 0.05) is 27.5 Å². The lowest BCUT2D eigenvalue weighted by molar-refractivity contribution is 0.669. The molecule has 9 aromatic carbocycles. The molecule has 0 aliphatic heterocycles. The first-order chi connectivity index (χ1) is 42.0. The first-order valence-corrected chi connectivity index (χ1v) is 16.5. The van der Waals surface area contributed by atoms with Gasteiger partial charge in [0.25, 0.3) is 0 Å². The summed E-state index contributed by atoms with van der Waals surface area (Å²) < 4.78 is 299. The van der Waals surface area contributed by atoms with E-state index in [4.69, 9.17) is 33.2 Å². The summed E-state index contributed by atoms with van der Waals surface area (Å²) in [5, 5.41) is -3.80. The second-order valence-electron chi connectivity index (χ2n) is 11.8. The van der Waals surface area contributed by atoms with Gasteiger partial charge in [-0.15, -0.1) is 0 Å². The van der Waals surface area contributed by atoms with Crippen molar-refractivity contribution in [3.8, 4) is 67.5 Å². The van der Waals surface area contributed by atoms with Gasteiger partial charge in [0.15, 0.2) is 17.5 Å². The van der Waals surface area contributed by atoms with E-state index >= 15 is 0 Å². The molecule has 0 aliphatic rings. The summed E-state index contributed by atoms with van der Waals surface area (Å²) in [6.45, 7) is 0. The van der Waals surface area contributed by atoms with Crippen LogP contribution in [0.3, 0.4) is 0 Å². The summed E-state index contributed by atoms with van der Waals surface area (Å²) in [5.41, 5.74) is -8.68. The molecule has 0 atom stereocenters. The normalized spacial score (nSPS) is 19.6. The van der Waals surface area contributed by atoms with Gasteiger partial charge in [-0.1, -0.05) is 145 Å². The number of hydrogen-bond donors (Lipinski definition) is 0. The largest absolute Gasteiger partial charge is 0.456 e. The minimum absolute atomic E-state index is 0.528. The fourth-order valence-corrected chi connectivity index (χ4v) is 5.69. The SMILES string of the molecule is [2H]c1c([2H])c([2H])c(-c2c([2H])c([2H])c([2H])c(-c3nc(-c4c([2H])c([2H])c5c([2H])c(-c6c([2H])c([2H])c([2H])c([2H])c6[2H])c([2H])c([2H])c5c4[2H])nc(-c4c([2H])c([2H])c5oc6c([2H])c(-c7c([2H])c([2H])c8c([2H])c([2H])c([2H])c([2H])c8c7[2H])c([2H])c([2H])c6c5c4[2H])n3)c2[2H])c([2H])c1[2H]. The maximum absolute atomic E-state index is 9.77. The van der Waals surface area contributed by atoms with Crippen LogP contribution in [0, 0.1) is 0 Å². The number of furan rings is 1. The fraction of sp³-hybridized carbons (Fsp3) is 0. The van der Waals surface area contributed by atoms with Crippen molar-refractivity contribution in [1.29, 1.82) is 0 Å². The maximum atomic E-state index is 9.77. The summed E-state index contributed by atoms with van der Waals surface area (Å²) in [6, 6.07) is -31.0. The quantitative estimate of drug-likeness (QED) is 0.169. The number of nitrogens with zero attached hydrogens (tertiary/aromatic N) is 3. The van der Waals surface area contributed by atoms with Crippen molar-refractivity contribution >= 4 is 43.5 Å². The molecule has 0 aliphatic carbocycles. The molecule has 0 bridgehead atoms. The van der Waals surface area contributed by atoms with Gasteiger partial charge in [-0.05, 0) is 109 Å². The fourth-order valence-electron chi connectivity index (χ4n) is 5.69. The molecule has 0 fully saturated rings. The number of aromatic nitrogens is 3. The molecule has 4 nitrogen and oxygen atoms in total. The van der Waals surface area contributed by atoms with Crippen LogP contribution in [0.25, 0.3) is 111 Å². The molecule has 0 unspecified atom stereocenters. The molecule has 57 heavy (non-hydrogen) atoms. The van der Waals surface area contributed by atoms with Gasteiger partial charge in [0.05, 0.1) is 45.2 Å². The molecule has 0 N–H and O–H groups in total. The van der Waals surface area contributed by atoms with Crippen molar-refractivity contribution in [3.63, 3.8) is 0 Å². The van der Waals surface area contributed by atoms with Gasteiger partial charge >= 0.3 is 0 Å². The zero-order valence-electron chi connectivity index (χ0n) is 61.2. The van der Waals surface area contributed by atoms with E-state index in [-0.39, 0.29) is 0 Å². The van der Waals surface area contributed by atoms with Crippen molar-refractivity contribution in [2.24, 2.45) is 0 Å². The summed E-state index contributed by atoms with van der Waals surface area (Å²) >= 11 is 0. The molecular formula is C53H33N3O. The molecule has 11 aromatic rings. The lowest BCUT2D eigenvalue weighted by atomic mass is 9.99. The highest BCUT2D eigenvalue weighted by atomic mass is 16.3. The Morgan fingerprint density at radius 1 is 0.281 bits per heavy atom. The van der Waals surface area contributed by atoms with Crippen LogP contribution in [0.1, 0.15) is 45.2 Å². The van der Waals surface area contributed by atoms with Gasteiger partial charge in [0.1, 0.15) is 11.2 Å². The van der Waals surface area contributed by atoms with E-state index < -0.39 is 310 Å². The van der Waals surface area contributed by atoms with Crippen LogP contribution in [-0.2, 0) is 0 Å². The van der Waals surface area contributed by atoms with E-state index in [9.17, 15) is 16.4 Å². The number of rotatable bonds is 6. The summed E-state index contributed by atoms with van der Waals surface area (Å²) in [4.78, 5) is 13.1. The van der Waals surface area contributed by atoms with Crippen LogP contribution in [0.4, 0.5) is 0 Å². The molecule has 266 valence electrons. The maximum Gasteiger partial charge on any atom is 0.164 e. The second kappa shape index (κ2) is 13.6. The minimum Gasteiger partial charge on any atom is -0.456 e. The van der Waals surface area contributed by atoms with Gasteiger partial charge in [0.2, 0.25) is 0 Å². The average molecular weight is 761 g/mol. The summed E-state index contributed by atoms with van der Waals surface area (Å²) in [7, 11) is 0. The van der Waals surface area contributed by atoms with E-state index in [1.54, 1.807) is 0 Å². The Morgan fingerprint density at radius 2 is 0.719 bits per heavy atom. The van der Waals surface area contributed by atoms with Gasteiger partial charge in [-0.3, -0.25) is 0 Å². The zero-order valence-corrected chi connectivity index (χ0v) is 28.2. The molecule has 0 saturated carbocycles. The number of fused-ring (bicyclic) bond motifs is 5. The Kier molecular flexibility index (Phi) is 3.21. The Labute approximate surface area is 375 Å². The molecule has 0 radical (unpaired) electrons. The Morgan fingerprint density at radius 3 is 1.42 bits per heavy atom. The van der Waals surface area contributed by atoms with Crippen LogP contribution in [0.15, 0.2) is 204 Å². The molecule has 0 spiro atoms. The van der Waals surface area contributed by atoms with E-state index in [1.807, 2.05) is 0 Å². The van der Waals surface area contributed by atoms with Crippen molar-refractivity contribution in [1.82, 2.24) is 15.0 Å². The monoisotopic (exact) mass is 760 g/mol. The first kappa shape index (κ1) is 13.5. The minimum atomic E-state index is -1.08. The zero-order chi connectivity index (χ0) is 66.4. The highest BCUT2D eigenvalue weighted by Crippen LogP contribution is 2.36. The third-order valence-electron chi connectivity index (χ3n) is 8.32. The Bertz CT molecular complexity index is 5180. The van der Waals surface area contributed by atoms with Gasteiger partial charge < -0.3 is 4.42 Å². The van der Waals surface area contributed by atoms with Crippen molar-refractivity contribution in [3.05, 3.63) is 199 Å². The predicted molar refractivity (Wildman–Crippen MR) is 235 cm³/mol. The average Bonchev–Trinajstić information content (AvgIpc) is 1.26. The highest BCUT2D eigenvalue weighted by Gasteiger charge is 2.16. The third-order valence-corrected chi connectivity index (χ3v) is 8.32. The second-order valence-corrected chi connectivity index (χ2v) is 11.8. The van der Waals surface area contributed by atoms with Crippen LogP contribution in [-0.4, -0.2) is 15.0 Å². The molecule has 0 saturated heterocycles. The number of hydrogen-bond acceptors (Lipinski definition) is 4. The molecule has 2 heterocycles. The van der Waals surface area contributed by atoms with Crippen molar-refractivity contribution in [2.75, 3.05) is 0 Å². The third kappa shape index (κ3) is 6.10. The topological polar surface area (TPSA) is 51.8 Å². The Balaban J connectivity index is 1.26. The summed E-state index contributed by atoms with van der Waals surface area (Å²) in [5.74, 6) is -2.96. The van der Waals surface area contributed by atoms with E-state index in [0.717, 1.165) is 0 Å². The van der Waals surface area contributed by atoms with Crippen LogP contribution >= 0.6 is 0 Å². The number of benzene rings is 9. The molecule has 11 rings (SSSR count). The molecule has 0 amide bonds. The van der Waals surface area contributed by atoms with E-state index in [1.165, 1.54) is 0 Å². The van der Waals surface area contributed by atoms with Crippen molar-refractivity contribution < 1.29 is 49.7 Å². The smallest absolute Gasteiger partial charge is 0.164 e. The van der Waals surface area contributed by atoms with Crippen LogP contribution in [0.2, 0.25) is 0 Å². The van der Waals surface area contributed by atoms with Gasteiger partial charge in [-0.2, -0.15) is 0 Å².